The molecule has 4 nitrogen and oxygen atoms in total. The molecule has 0 aromatic heterocycles. The molecular weight excluding hydrogens is 194 g/mol. The van der Waals surface area contributed by atoms with Crippen LogP contribution in [0.25, 0.3) is 0 Å². The highest BCUT2D eigenvalue weighted by molar-refractivity contribution is 5.69. The highest BCUT2D eigenvalue weighted by Gasteiger charge is 2.20. The zero-order chi connectivity index (χ0) is 11.3. The van der Waals surface area contributed by atoms with Crippen LogP contribution in [-0.4, -0.2) is 47.8 Å². The molecule has 88 valence electrons. The van der Waals surface area contributed by atoms with Gasteiger partial charge in [-0.15, -0.1) is 0 Å². The van der Waals surface area contributed by atoms with Crippen LogP contribution in [0.5, 0.6) is 0 Å². The van der Waals surface area contributed by atoms with Crippen LogP contribution in [0, 0.1) is 0 Å². The minimum absolute atomic E-state index is 0.109. The first-order valence-corrected chi connectivity index (χ1v) is 5.67. The van der Waals surface area contributed by atoms with Gasteiger partial charge in [-0.1, -0.05) is 0 Å². The molecule has 1 rings (SSSR count). The van der Waals surface area contributed by atoms with Crippen molar-refractivity contribution < 1.29 is 14.6 Å². The fraction of sp³-hybridized carbons (Fsp3) is 0.909. The summed E-state index contributed by atoms with van der Waals surface area (Å²) in [7, 11) is 0. The van der Waals surface area contributed by atoms with Crippen LogP contribution < -0.4 is 0 Å². The molecule has 15 heavy (non-hydrogen) atoms. The Hall–Kier alpha value is -0.610. The number of nitrogens with zero attached hydrogens (tertiary/aromatic N) is 1. The summed E-state index contributed by atoms with van der Waals surface area (Å²) in [5.74, 6) is -0.764. The quantitative estimate of drug-likeness (QED) is 0.752. The van der Waals surface area contributed by atoms with Crippen molar-refractivity contribution in [2.75, 3.05) is 19.7 Å². The Morgan fingerprint density at radius 3 is 2.73 bits per heavy atom. The molecular formula is C11H21NO3. The van der Waals surface area contributed by atoms with Gasteiger partial charge in [0.05, 0.1) is 12.6 Å². The predicted molar refractivity (Wildman–Crippen MR) is 57.9 cm³/mol. The molecule has 1 aliphatic heterocycles. The molecule has 0 radical (unpaired) electrons. The second-order valence-electron chi connectivity index (χ2n) is 4.41. The van der Waals surface area contributed by atoms with Crippen molar-refractivity contribution in [1.29, 1.82) is 0 Å². The molecule has 0 spiro atoms. The molecule has 0 aromatic rings. The number of carboxylic acids is 1. The Balaban J connectivity index is 2.38. The van der Waals surface area contributed by atoms with Crippen molar-refractivity contribution in [3.8, 4) is 0 Å². The molecule has 1 saturated heterocycles. The van der Waals surface area contributed by atoms with E-state index in [2.05, 4.69) is 0 Å². The average molecular weight is 215 g/mol. The smallest absolute Gasteiger partial charge is 0.317 e. The highest BCUT2D eigenvalue weighted by Crippen LogP contribution is 2.14. The molecule has 0 aromatic carbocycles. The molecule has 1 unspecified atom stereocenters. The van der Waals surface area contributed by atoms with Crippen molar-refractivity contribution in [3.63, 3.8) is 0 Å². The Morgan fingerprint density at radius 2 is 2.27 bits per heavy atom. The molecule has 0 amide bonds. The van der Waals surface area contributed by atoms with Gasteiger partial charge in [-0.25, -0.2) is 0 Å². The first kappa shape index (κ1) is 12.5. The summed E-state index contributed by atoms with van der Waals surface area (Å²) in [5.41, 5.74) is 0. The third-order valence-electron chi connectivity index (χ3n) is 2.78. The van der Waals surface area contributed by atoms with Crippen LogP contribution in [0.3, 0.4) is 0 Å². The second-order valence-corrected chi connectivity index (χ2v) is 4.41. The van der Waals surface area contributed by atoms with Gasteiger partial charge in [-0.3, -0.25) is 9.69 Å². The maximum Gasteiger partial charge on any atom is 0.317 e. The Morgan fingerprint density at radius 1 is 1.53 bits per heavy atom. The van der Waals surface area contributed by atoms with E-state index < -0.39 is 5.97 Å². The molecule has 0 bridgehead atoms. The van der Waals surface area contributed by atoms with Crippen LogP contribution in [0.4, 0.5) is 0 Å². The third kappa shape index (κ3) is 4.62. The first-order chi connectivity index (χ1) is 7.09. The summed E-state index contributed by atoms with van der Waals surface area (Å²) >= 11 is 0. The van der Waals surface area contributed by atoms with Crippen molar-refractivity contribution in [2.24, 2.45) is 0 Å². The fourth-order valence-corrected chi connectivity index (χ4v) is 1.84. The minimum atomic E-state index is -0.764. The van der Waals surface area contributed by atoms with Gasteiger partial charge < -0.3 is 9.84 Å². The Labute approximate surface area is 91.2 Å². The van der Waals surface area contributed by atoms with E-state index >= 15 is 0 Å². The van der Waals surface area contributed by atoms with E-state index in [4.69, 9.17) is 9.84 Å². The Kier molecular flexibility index (Phi) is 5.05. The first-order valence-electron chi connectivity index (χ1n) is 5.67. The number of carboxylic acid groups (broad SMARTS) is 1. The minimum Gasteiger partial charge on any atom is -0.480 e. The van der Waals surface area contributed by atoms with Crippen LogP contribution in [0.2, 0.25) is 0 Å². The van der Waals surface area contributed by atoms with Gasteiger partial charge in [0.15, 0.2) is 0 Å². The predicted octanol–water partition coefficient (Wildman–Crippen LogP) is 1.35. The maximum atomic E-state index is 10.7. The van der Waals surface area contributed by atoms with Crippen LogP contribution in [0.1, 0.15) is 33.1 Å². The van der Waals surface area contributed by atoms with E-state index in [0.717, 1.165) is 26.0 Å². The molecule has 1 fully saturated rings. The topological polar surface area (TPSA) is 49.8 Å². The zero-order valence-electron chi connectivity index (χ0n) is 9.61. The van der Waals surface area contributed by atoms with E-state index in [1.54, 1.807) is 0 Å². The monoisotopic (exact) mass is 215 g/mol. The van der Waals surface area contributed by atoms with Crippen molar-refractivity contribution >= 4 is 5.97 Å². The molecule has 0 aliphatic carbocycles. The molecule has 1 N–H and O–H groups in total. The normalized spacial score (nSPS) is 22.3. The summed E-state index contributed by atoms with van der Waals surface area (Å²) in [4.78, 5) is 12.6. The number of carbonyl (C=O) groups is 1. The Bertz CT molecular complexity index is 200. The number of hydrogen-bond acceptors (Lipinski definition) is 3. The molecule has 0 saturated carbocycles. The summed E-state index contributed by atoms with van der Waals surface area (Å²) in [5, 5.41) is 8.78. The number of hydrogen-bond donors (Lipinski definition) is 1. The number of ether oxygens (including phenoxy) is 1. The lowest BCUT2D eigenvalue weighted by molar-refractivity contribution is -0.139. The summed E-state index contributed by atoms with van der Waals surface area (Å²) in [6.45, 7) is 5.71. The van der Waals surface area contributed by atoms with Crippen molar-refractivity contribution in [1.82, 2.24) is 4.90 Å². The standard InChI is InChI=1S/C11H21NO3/c1-9(2)12(8-11(13)14)7-10-5-3-4-6-15-10/h9-10H,3-8H2,1-2H3,(H,13,14). The highest BCUT2D eigenvalue weighted by atomic mass is 16.5. The largest absolute Gasteiger partial charge is 0.480 e. The number of rotatable bonds is 5. The van der Waals surface area contributed by atoms with Gasteiger partial charge in [0.1, 0.15) is 0 Å². The zero-order valence-corrected chi connectivity index (χ0v) is 9.61. The van der Waals surface area contributed by atoms with Crippen LogP contribution >= 0.6 is 0 Å². The van der Waals surface area contributed by atoms with E-state index in [-0.39, 0.29) is 18.7 Å². The van der Waals surface area contributed by atoms with Gasteiger partial charge in [0.2, 0.25) is 0 Å². The lowest BCUT2D eigenvalue weighted by atomic mass is 10.1. The van der Waals surface area contributed by atoms with E-state index in [1.165, 1.54) is 6.42 Å². The molecule has 1 aliphatic rings. The lowest BCUT2D eigenvalue weighted by Crippen LogP contribution is -2.42. The van der Waals surface area contributed by atoms with Crippen molar-refractivity contribution in [2.45, 2.75) is 45.3 Å². The van der Waals surface area contributed by atoms with E-state index in [0.29, 0.717) is 0 Å². The van der Waals surface area contributed by atoms with E-state index in [9.17, 15) is 4.79 Å². The lowest BCUT2D eigenvalue weighted by Gasteiger charge is -2.31. The molecule has 1 atom stereocenters. The van der Waals surface area contributed by atoms with E-state index in [1.807, 2.05) is 18.7 Å². The van der Waals surface area contributed by atoms with Crippen LogP contribution in [0.15, 0.2) is 0 Å². The van der Waals surface area contributed by atoms with Gasteiger partial charge in [0.25, 0.3) is 0 Å². The number of aliphatic carboxylic acids is 1. The van der Waals surface area contributed by atoms with Gasteiger partial charge in [-0.05, 0) is 33.1 Å². The second kappa shape index (κ2) is 6.08. The SMILES string of the molecule is CC(C)N(CC(=O)O)CC1CCCCO1. The fourth-order valence-electron chi connectivity index (χ4n) is 1.84. The summed E-state index contributed by atoms with van der Waals surface area (Å²) in [6, 6.07) is 0.256. The molecule has 4 heteroatoms. The molecule has 1 heterocycles. The van der Waals surface area contributed by atoms with Gasteiger partial charge in [-0.2, -0.15) is 0 Å². The third-order valence-corrected chi connectivity index (χ3v) is 2.78. The summed E-state index contributed by atoms with van der Waals surface area (Å²) in [6.07, 6.45) is 3.62. The average Bonchev–Trinajstić information content (AvgIpc) is 2.17. The van der Waals surface area contributed by atoms with Gasteiger partial charge in [0, 0.05) is 19.2 Å². The maximum absolute atomic E-state index is 10.7. The van der Waals surface area contributed by atoms with Gasteiger partial charge >= 0.3 is 5.97 Å². The van der Waals surface area contributed by atoms with Crippen molar-refractivity contribution in [3.05, 3.63) is 0 Å². The van der Waals surface area contributed by atoms with Crippen LogP contribution in [-0.2, 0) is 9.53 Å². The summed E-state index contributed by atoms with van der Waals surface area (Å²) < 4.78 is 5.61.